The van der Waals surface area contributed by atoms with Crippen LogP contribution in [-0.2, 0) is 16.6 Å². The maximum Gasteiger partial charge on any atom is 0.313 e. The summed E-state index contributed by atoms with van der Waals surface area (Å²) >= 11 is 0. The zero-order chi connectivity index (χ0) is 17.5. The van der Waals surface area contributed by atoms with Crippen molar-refractivity contribution < 1.29 is 9.59 Å². The Kier molecular flexibility index (Phi) is 6.54. The first-order valence-electron chi connectivity index (χ1n) is 8.44. The van der Waals surface area contributed by atoms with Gasteiger partial charge in [0.2, 0.25) is 0 Å². The summed E-state index contributed by atoms with van der Waals surface area (Å²) in [5.41, 5.74) is -0.251. The summed E-state index contributed by atoms with van der Waals surface area (Å²) in [5, 5.41) is 5.00. The molecule has 0 radical (unpaired) electrons. The van der Waals surface area contributed by atoms with Gasteiger partial charge in [0, 0.05) is 26.3 Å². The highest BCUT2D eigenvalue weighted by molar-refractivity contribution is 6.39. The van der Waals surface area contributed by atoms with E-state index in [0.717, 1.165) is 19.6 Å². The van der Waals surface area contributed by atoms with E-state index < -0.39 is 11.8 Å². The third-order valence-electron chi connectivity index (χ3n) is 4.21. The Bertz CT molecular complexity index is 635. The Morgan fingerprint density at radius 2 is 1.92 bits per heavy atom. The molecule has 24 heavy (non-hydrogen) atoms. The molecular weight excluding hydrogens is 308 g/mol. The average Bonchev–Trinajstić information content (AvgIpc) is 2.57. The van der Waals surface area contributed by atoms with Gasteiger partial charge in [0.15, 0.2) is 0 Å². The SMILES string of the molecule is CC(CNC(=O)C(=O)Nc1cccn(C)c1=O)CN1CCCCC1. The molecule has 2 heterocycles. The summed E-state index contributed by atoms with van der Waals surface area (Å²) in [5.74, 6) is -1.26. The lowest BCUT2D eigenvalue weighted by molar-refractivity contribution is -0.136. The molecule has 2 N–H and O–H groups in total. The van der Waals surface area contributed by atoms with Crippen molar-refractivity contribution in [2.24, 2.45) is 13.0 Å². The largest absolute Gasteiger partial charge is 0.348 e. The number of aromatic nitrogens is 1. The quantitative estimate of drug-likeness (QED) is 0.771. The fourth-order valence-corrected chi connectivity index (χ4v) is 2.87. The molecule has 1 aromatic heterocycles. The topological polar surface area (TPSA) is 83.4 Å². The van der Waals surface area contributed by atoms with Gasteiger partial charge in [-0.1, -0.05) is 13.3 Å². The van der Waals surface area contributed by atoms with Crippen LogP contribution in [-0.4, -0.2) is 47.5 Å². The average molecular weight is 334 g/mol. The molecule has 0 aromatic carbocycles. The van der Waals surface area contributed by atoms with Crippen LogP contribution < -0.4 is 16.2 Å². The van der Waals surface area contributed by atoms with Crippen molar-refractivity contribution in [3.8, 4) is 0 Å². The number of carbonyl (C=O) groups excluding carboxylic acids is 2. The number of aryl methyl sites for hydroxylation is 1. The lowest BCUT2D eigenvalue weighted by Crippen LogP contribution is -2.41. The van der Waals surface area contributed by atoms with Crippen LogP contribution in [0.2, 0.25) is 0 Å². The van der Waals surface area contributed by atoms with E-state index in [1.54, 1.807) is 19.3 Å². The van der Waals surface area contributed by atoms with E-state index in [1.165, 1.54) is 29.9 Å². The van der Waals surface area contributed by atoms with Gasteiger partial charge in [-0.3, -0.25) is 14.4 Å². The highest BCUT2D eigenvalue weighted by atomic mass is 16.2. The number of pyridine rings is 1. The van der Waals surface area contributed by atoms with E-state index in [4.69, 9.17) is 0 Å². The van der Waals surface area contributed by atoms with Crippen LogP contribution in [0, 0.1) is 5.92 Å². The lowest BCUT2D eigenvalue weighted by Gasteiger charge is -2.29. The number of carbonyl (C=O) groups is 2. The molecule has 0 aliphatic carbocycles. The van der Waals surface area contributed by atoms with Crippen molar-refractivity contribution >= 4 is 17.5 Å². The number of amides is 2. The van der Waals surface area contributed by atoms with Crippen molar-refractivity contribution in [2.75, 3.05) is 31.5 Å². The molecule has 2 rings (SSSR count). The van der Waals surface area contributed by atoms with Crippen molar-refractivity contribution in [3.05, 3.63) is 28.7 Å². The first-order chi connectivity index (χ1) is 11.5. The summed E-state index contributed by atoms with van der Waals surface area (Å²) < 4.78 is 1.34. The third kappa shape index (κ3) is 5.19. The minimum atomic E-state index is -0.816. The maximum atomic E-state index is 11.9. The zero-order valence-corrected chi connectivity index (χ0v) is 14.4. The molecule has 0 spiro atoms. The van der Waals surface area contributed by atoms with Gasteiger partial charge >= 0.3 is 11.8 Å². The number of piperidine rings is 1. The summed E-state index contributed by atoms with van der Waals surface area (Å²) in [6, 6.07) is 3.11. The van der Waals surface area contributed by atoms with E-state index in [2.05, 4.69) is 22.5 Å². The van der Waals surface area contributed by atoms with E-state index >= 15 is 0 Å². The summed E-state index contributed by atoms with van der Waals surface area (Å²) in [7, 11) is 1.58. The summed E-state index contributed by atoms with van der Waals surface area (Å²) in [4.78, 5) is 38.0. The van der Waals surface area contributed by atoms with Gasteiger partial charge < -0.3 is 20.1 Å². The van der Waals surface area contributed by atoms with Gasteiger partial charge in [-0.15, -0.1) is 0 Å². The summed E-state index contributed by atoms with van der Waals surface area (Å²) in [6.45, 7) is 5.63. The fourth-order valence-electron chi connectivity index (χ4n) is 2.87. The molecule has 1 aliphatic rings. The second-order valence-corrected chi connectivity index (χ2v) is 6.47. The molecule has 1 fully saturated rings. The molecular formula is C17H26N4O3. The number of likely N-dealkylation sites (tertiary alicyclic amines) is 1. The molecule has 1 aliphatic heterocycles. The van der Waals surface area contributed by atoms with Gasteiger partial charge in [-0.05, 0) is 44.0 Å². The van der Waals surface area contributed by atoms with Crippen molar-refractivity contribution in [1.29, 1.82) is 0 Å². The lowest BCUT2D eigenvalue weighted by atomic mass is 10.1. The van der Waals surface area contributed by atoms with Crippen LogP contribution in [0.3, 0.4) is 0 Å². The van der Waals surface area contributed by atoms with E-state index in [9.17, 15) is 14.4 Å². The Balaban J connectivity index is 1.77. The molecule has 0 saturated carbocycles. The number of hydrogen-bond acceptors (Lipinski definition) is 4. The molecule has 7 nitrogen and oxygen atoms in total. The Morgan fingerprint density at radius 3 is 2.62 bits per heavy atom. The smallest absolute Gasteiger partial charge is 0.313 e. The Labute approximate surface area is 142 Å². The number of anilines is 1. The van der Waals surface area contributed by atoms with E-state index in [-0.39, 0.29) is 17.2 Å². The molecule has 1 aromatic rings. The van der Waals surface area contributed by atoms with Crippen LogP contribution >= 0.6 is 0 Å². The van der Waals surface area contributed by atoms with Crippen LogP contribution in [0.4, 0.5) is 5.69 Å². The molecule has 2 amide bonds. The van der Waals surface area contributed by atoms with Crippen molar-refractivity contribution in [2.45, 2.75) is 26.2 Å². The Hall–Kier alpha value is -2.15. The number of hydrogen-bond donors (Lipinski definition) is 2. The molecule has 1 saturated heterocycles. The standard InChI is InChI=1S/C17H26N4O3/c1-13(12-21-9-4-3-5-10-21)11-18-15(22)16(23)19-14-7-6-8-20(2)17(14)24/h6-8,13H,3-5,9-12H2,1-2H3,(H,18,22)(H,19,23). The molecule has 1 unspecified atom stereocenters. The van der Waals surface area contributed by atoms with Crippen LogP contribution in [0.1, 0.15) is 26.2 Å². The van der Waals surface area contributed by atoms with Gasteiger partial charge in [0.25, 0.3) is 5.56 Å². The van der Waals surface area contributed by atoms with Crippen LogP contribution in [0.5, 0.6) is 0 Å². The van der Waals surface area contributed by atoms with Gasteiger partial charge in [0.05, 0.1) is 0 Å². The maximum absolute atomic E-state index is 11.9. The second-order valence-electron chi connectivity index (χ2n) is 6.47. The van der Waals surface area contributed by atoms with Crippen LogP contribution in [0.25, 0.3) is 0 Å². The first-order valence-corrected chi connectivity index (χ1v) is 8.44. The predicted octanol–water partition coefficient (Wildman–Crippen LogP) is 0.562. The zero-order valence-electron chi connectivity index (χ0n) is 14.4. The minimum Gasteiger partial charge on any atom is -0.348 e. The van der Waals surface area contributed by atoms with Gasteiger partial charge in [-0.2, -0.15) is 0 Å². The molecule has 7 heteroatoms. The normalized spacial score (nSPS) is 16.4. The number of rotatable bonds is 5. The molecule has 0 bridgehead atoms. The second kappa shape index (κ2) is 8.63. The van der Waals surface area contributed by atoms with E-state index in [1.807, 2.05) is 0 Å². The van der Waals surface area contributed by atoms with Gasteiger partial charge in [-0.25, -0.2) is 0 Å². The van der Waals surface area contributed by atoms with Gasteiger partial charge in [0.1, 0.15) is 5.69 Å². The van der Waals surface area contributed by atoms with Crippen molar-refractivity contribution in [3.63, 3.8) is 0 Å². The third-order valence-corrected chi connectivity index (χ3v) is 4.21. The highest BCUT2D eigenvalue weighted by Gasteiger charge is 2.18. The number of nitrogens with zero attached hydrogens (tertiary/aromatic N) is 2. The van der Waals surface area contributed by atoms with E-state index in [0.29, 0.717) is 6.54 Å². The minimum absolute atomic E-state index is 0.0986. The first kappa shape index (κ1) is 18.2. The fraction of sp³-hybridized carbons (Fsp3) is 0.588. The highest BCUT2D eigenvalue weighted by Crippen LogP contribution is 2.10. The Morgan fingerprint density at radius 1 is 1.21 bits per heavy atom. The van der Waals surface area contributed by atoms with Crippen molar-refractivity contribution in [1.82, 2.24) is 14.8 Å². The molecule has 132 valence electrons. The number of nitrogens with one attached hydrogen (secondary N) is 2. The predicted molar refractivity (Wildman–Crippen MR) is 92.8 cm³/mol. The monoisotopic (exact) mass is 334 g/mol. The molecule has 1 atom stereocenters. The van der Waals surface area contributed by atoms with Crippen LogP contribution in [0.15, 0.2) is 23.1 Å². The summed E-state index contributed by atoms with van der Waals surface area (Å²) in [6.07, 6.45) is 5.34.